The van der Waals surface area contributed by atoms with Crippen LogP contribution in [0, 0.1) is 0 Å². The summed E-state index contributed by atoms with van der Waals surface area (Å²) in [5.41, 5.74) is 2.83. The number of aryl methyl sites for hydroxylation is 1. The number of pyridine rings is 1. The second kappa shape index (κ2) is 10.8. The molecule has 2 aromatic rings. The van der Waals surface area contributed by atoms with Gasteiger partial charge in [0.1, 0.15) is 0 Å². The van der Waals surface area contributed by atoms with Crippen LogP contribution in [-0.2, 0) is 6.42 Å². The number of fused-ring (bicyclic) bond motifs is 1. The SMILES string of the molecule is COc1ccc(C(=O)NCCCCCN[C@H]2CCCc3[nH]c(=O)ccc32)cc1OC. The van der Waals surface area contributed by atoms with Crippen molar-refractivity contribution in [2.45, 2.75) is 44.6 Å². The van der Waals surface area contributed by atoms with Crippen LogP contribution in [0.15, 0.2) is 35.1 Å². The molecule has 1 aliphatic rings. The molecule has 3 N–H and O–H groups in total. The van der Waals surface area contributed by atoms with Crippen molar-refractivity contribution in [1.29, 1.82) is 0 Å². The number of H-pyrrole nitrogens is 1. The third-order valence-corrected chi connectivity index (χ3v) is 5.51. The second-order valence-corrected chi connectivity index (χ2v) is 7.54. The summed E-state index contributed by atoms with van der Waals surface area (Å²) >= 11 is 0. The van der Waals surface area contributed by atoms with Gasteiger partial charge in [-0.1, -0.05) is 12.5 Å². The highest BCUT2D eigenvalue weighted by molar-refractivity contribution is 5.94. The Labute approximate surface area is 177 Å². The summed E-state index contributed by atoms with van der Waals surface area (Å²) in [4.78, 5) is 26.8. The number of benzene rings is 1. The molecule has 30 heavy (non-hydrogen) atoms. The number of hydrogen-bond acceptors (Lipinski definition) is 5. The van der Waals surface area contributed by atoms with Crippen molar-refractivity contribution in [2.75, 3.05) is 27.3 Å². The van der Waals surface area contributed by atoms with E-state index in [-0.39, 0.29) is 11.5 Å². The maximum absolute atomic E-state index is 12.3. The molecule has 0 radical (unpaired) electrons. The van der Waals surface area contributed by atoms with Crippen LogP contribution in [0.4, 0.5) is 0 Å². The van der Waals surface area contributed by atoms with Crippen LogP contribution in [-0.4, -0.2) is 38.2 Å². The molecule has 0 aliphatic heterocycles. The van der Waals surface area contributed by atoms with Gasteiger partial charge >= 0.3 is 0 Å². The number of ether oxygens (including phenoxy) is 2. The number of aromatic amines is 1. The summed E-state index contributed by atoms with van der Waals surface area (Å²) in [5.74, 6) is 1.04. The van der Waals surface area contributed by atoms with Gasteiger partial charge in [0.25, 0.3) is 5.91 Å². The summed E-state index contributed by atoms with van der Waals surface area (Å²) in [5, 5.41) is 6.57. The minimum Gasteiger partial charge on any atom is -0.493 e. The number of amides is 1. The van der Waals surface area contributed by atoms with Gasteiger partial charge in [-0.05, 0) is 62.4 Å². The van der Waals surface area contributed by atoms with Gasteiger partial charge in [-0.3, -0.25) is 9.59 Å². The molecule has 0 bridgehead atoms. The summed E-state index contributed by atoms with van der Waals surface area (Å²) < 4.78 is 10.4. The first kappa shape index (κ1) is 21.9. The zero-order valence-electron chi connectivity index (χ0n) is 17.8. The average Bonchev–Trinajstić information content (AvgIpc) is 2.77. The van der Waals surface area contributed by atoms with Crippen LogP contribution < -0.4 is 25.7 Å². The van der Waals surface area contributed by atoms with Gasteiger partial charge in [0.2, 0.25) is 5.56 Å². The molecule has 7 nitrogen and oxygen atoms in total. The van der Waals surface area contributed by atoms with Gasteiger partial charge in [0.05, 0.1) is 14.2 Å². The Morgan fingerprint density at radius 1 is 1.07 bits per heavy atom. The molecular weight excluding hydrogens is 382 g/mol. The Morgan fingerprint density at radius 3 is 2.67 bits per heavy atom. The topological polar surface area (TPSA) is 92.5 Å². The van der Waals surface area contributed by atoms with Crippen molar-refractivity contribution in [3.8, 4) is 11.5 Å². The average molecular weight is 414 g/mol. The largest absolute Gasteiger partial charge is 0.493 e. The fraction of sp³-hybridized carbons (Fsp3) is 0.478. The van der Waals surface area contributed by atoms with Crippen LogP contribution in [0.2, 0.25) is 0 Å². The molecule has 3 rings (SSSR count). The molecular formula is C23H31N3O4. The lowest BCUT2D eigenvalue weighted by molar-refractivity contribution is 0.0952. The predicted octanol–water partition coefficient (Wildman–Crippen LogP) is 2.96. The lowest BCUT2D eigenvalue weighted by atomic mass is 9.91. The Hall–Kier alpha value is -2.80. The fourth-order valence-electron chi connectivity index (χ4n) is 3.90. The molecule has 0 saturated heterocycles. The van der Waals surface area contributed by atoms with E-state index >= 15 is 0 Å². The van der Waals surface area contributed by atoms with Crippen LogP contribution in [0.1, 0.15) is 59.8 Å². The van der Waals surface area contributed by atoms with Crippen molar-refractivity contribution in [1.82, 2.24) is 15.6 Å². The van der Waals surface area contributed by atoms with E-state index in [9.17, 15) is 9.59 Å². The third-order valence-electron chi connectivity index (χ3n) is 5.51. The maximum Gasteiger partial charge on any atom is 0.251 e. The lowest BCUT2D eigenvalue weighted by Gasteiger charge is -2.26. The van der Waals surface area contributed by atoms with Gasteiger partial charge in [-0.2, -0.15) is 0 Å². The Bertz CT molecular complexity index is 910. The van der Waals surface area contributed by atoms with Crippen molar-refractivity contribution in [3.63, 3.8) is 0 Å². The number of methoxy groups -OCH3 is 2. The first-order valence-corrected chi connectivity index (χ1v) is 10.6. The van der Waals surface area contributed by atoms with Gasteiger partial charge in [-0.25, -0.2) is 0 Å². The van der Waals surface area contributed by atoms with Gasteiger partial charge < -0.3 is 25.1 Å². The number of unbranched alkanes of at least 4 members (excludes halogenated alkanes) is 2. The molecule has 1 aromatic heterocycles. The first-order chi connectivity index (χ1) is 14.6. The maximum atomic E-state index is 12.3. The van der Waals surface area contributed by atoms with Crippen molar-refractivity contribution in [3.05, 3.63) is 57.5 Å². The van der Waals surface area contributed by atoms with Crippen LogP contribution in [0.25, 0.3) is 0 Å². The van der Waals surface area contributed by atoms with E-state index in [0.29, 0.717) is 29.6 Å². The quantitative estimate of drug-likeness (QED) is 0.521. The predicted molar refractivity (Wildman–Crippen MR) is 116 cm³/mol. The van der Waals surface area contributed by atoms with Crippen molar-refractivity contribution in [2.24, 2.45) is 0 Å². The zero-order valence-corrected chi connectivity index (χ0v) is 17.8. The standard InChI is InChI=1S/C23H31N3O4/c1-29-20-11-9-16(15-21(20)30-2)23(28)25-14-5-3-4-13-24-18-7-6-8-19-17(18)10-12-22(27)26-19/h9-12,15,18,24H,3-8,13-14H2,1-2H3,(H,25,28)(H,26,27)/t18-/m0/s1. The molecule has 1 atom stereocenters. The monoisotopic (exact) mass is 413 g/mol. The highest BCUT2D eigenvalue weighted by Gasteiger charge is 2.19. The molecule has 7 heteroatoms. The molecule has 1 aliphatic carbocycles. The minimum absolute atomic E-state index is 0.0236. The smallest absolute Gasteiger partial charge is 0.251 e. The van der Waals surface area contributed by atoms with Crippen molar-refractivity contribution >= 4 is 5.91 Å². The zero-order chi connectivity index (χ0) is 21.3. The van der Waals surface area contributed by atoms with E-state index in [0.717, 1.165) is 50.8 Å². The first-order valence-electron chi connectivity index (χ1n) is 10.6. The summed E-state index contributed by atoms with van der Waals surface area (Å²) in [6.45, 7) is 1.56. The number of nitrogens with one attached hydrogen (secondary N) is 3. The van der Waals surface area contributed by atoms with E-state index < -0.39 is 0 Å². The fourth-order valence-corrected chi connectivity index (χ4v) is 3.90. The summed E-state index contributed by atoms with van der Waals surface area (Å²) in [7, 11) is 3.12. The second-order valence-electron chi connectivity index (χ2n) is 7.54. The van der Waals surface area contributed by atoms with Gasteiger partial charge in [0.15, 0.2) is 11.5 Å². The molecule has 0 saturated carbocycles. The van der Waals surface area contributed by atoms with Crippen LogP contribution in [0.3, 0.4) is 0 Å². The third kappa shape index (κ3) is 5.63. The number of carbonyl (C=O) groups is 1. The molecule has 1 amide bonds. The summed E-state index contributed by atoms with van der Waals surface area (Å²) in [6, 6.07) is 9.03. The lowest BCUT2D eigenvalue weighted by Crippen LogP contribution is -2.28. The molecule has 1 aromatic carbocycles. The number of hydrogen-bond donors (Lipinski definition) is 3. The van der Waals surface area contributed by atoms with Crippen LogP contribution in [0.5, 0.6) is 11.5 Å². The van der Waals surface area contributed by atoms with E-state index in [4.69, 9.17) is 9.47 Å². The van der Waals surface area contributed by atoms with Gasteiger partial charge in [0, 0.05) is 29.9 Å². The molecule has 162 valence electrons. The number of aromatic nitrogens is 1. The summed E-state index contributed by atoms with van der Waals surface area (Å²) in [6.07, 6.45) is 6.14. The van der Waals surface area contributed by atoms with Gasteiger partial charge in [-0.15, -0.1) is 0 Å². The molecule has 0 spiro atoms. The number of carbonyl (C=O) groups excluding carboxylic acids is 1. The van der Waals surface area contributed by atoms with E-state index in [1.54, 1.807) is 38.5 Å². The van der Waals surface area contributed by atoms with E-state index in [2.05, 4.69) is 15.6 Å². The Morgan fingerprint density at radius 2 is 1.87 bits per heavy atom. The van der Waals surface area contributed by atoms with E-state index in [1.165, 1.54) is 5.56 Å². The normalized spacial score (nSPS) is 15.3. The molecule has 1 heterocycles. The van der Waals surface area contributed by atoms with Crippen LogP contribution >= 0.6 is 0 Å². The van der Waals surface area contributed by atoms with E-state index in [1.807, 2.05) is 6.07 Å². The van der Waals surface area contributed by atoms with Crippen molar-refractivity contribution < 1.29 is 14.3 Å². The minimum atomic E-state index is -0.109. The Balaban J connectivity index is 1.35. The number of rotatable bonds is 10. The highest BCUT2D eigenvalue weighted by atomic mass is 16.5. The molecule has 0 fully saturated rings. The Kier molecular flexibility index (Phi) is 7.90. The molecule has 0 unspecified atom stereocenters. The highest BCUT2D eigenvalue weighted by Crippen LogP contribution is 2.28.